The molecular weight excluding hydrogens is 232 g/mol. The van der Waals surface area contributed by atoms with Crippen molar-refractivity contribution in [2.75, 3.05) is 19.6 Å². The van der Waals surface area contributed by atoms with E-state index in [2.05, 4.69) is 54.6 Å². The van der Waals surface area contributed by atoms with Gasteiger partial charge in [-0.15, -0.1) is 13.2 Å². The summed E-state index contributed by atoms with van der Waals surface area (Å²) in [5, 5.41) is 3.44. The predicted molar refractivity (Wildman–Crippen MR) is 84.1 cm³/mol. The summed E-state index contributed by atoms with van der Waals surface area (Å²) in [7, 11) is 0. The van der Waals surface area contributed by atoms with Crippen molar-refractivity contribution in [2.24, 2.45) is 0 Å². The van der Waals surface area contributed by atoms with E-state index in [4.69, 9.17) is 0 Å². The van der Waals surface area contributed by atoms with Crippen molar-refractivity contribution >= 4 is 0 Å². The molecule has 0 heterocycles. The monoisotopic (exact) mass is 258 g/mol. The average molecular weight is 258 g/mol. The molecule has 0 fully saturated rings. The van der Waals surface area contributed by atoms with Crippen LogP contribution in [0.2, 0.25) is 0 Å². The Morgan fingerprint density at radius 1 is 1.16 bits per heavy atom. The summed E-state index contributed by atoms with van der Waals surface area (Å²) in [6, 6.07) is 8.78. The van der Waals surface area contributed by atoms with Gasteiger partial charge in [-0.1, -0.05) is 43.3 Å². The van der Waals surface area contributed by atoms with Crippen molar-refractivity contribution in [3.8, 4) is 0 Å². The van der Waals surface area contributed by atoms with Crippen LogP contribution in [0.1, 0.15) is 24.5 Å². The molecule has 19 heavy (non-hydrogen) atoms. The molecule has 0 aromatic heterocycles. The fourth-order valence-corrected chi connectivity index (χ4v) is 2.07. The highest BCUT2D eigenvalue weighted by Crippen LogP contribution is 2.08. The number of nitrogens with zero attached hydrogens (tertiary/aromatic N) is 1. The molecule has 0 aliphatic rings. The summed E-state index contributed by atoms with van der Waals surface area (Å²) in [6.45, 7) is 14.6. The van der Waals surface area contributed by atoms with E-state index >= 15 is 0 Å². The lowest BCUT2D eigenvalue weighted by atomic mass is 10.1. The van der Waals surface area contributed by atoms with Crippen LogP contribution in [0.25, 0.3) is 0 Å². The standard InChI is InChI=1S/C17H26N2/c1-4-10-18-14-16-8-7-9-17(13-16)15-19(11-5-2)12-6-3/h5-9,13,18H,2-4,10-12,14-15H2,1H3. The average Bonchev–Trinajstić information content (AvgIpc) is 2.40. The first kappa shape index (κ1) is 15.7. The maximum absolute atomic E-state index is 3.81. The van der Waals surface area contributed by atoms with Gasteiger partial charge in [-0.3, -0.25) is 4.90 Å². The fraction of sp³-hybridized carbons (Fsp3) is 0.412. The third kappa shape index (κ3) is 6.37. The highest BCUT2D eigenvalue weighted by atomic mass is 15.1. The second-order valence-corrected chi connectivity index (χ2v) is 4.77. The Balaban J connectivity index is 2.58. The first-order chi connectivity index (χ1) is 9.30. The molecule has 104 valence electrons. The van der Waals surface area contributed by atoms with Gasteiger partial charge in [0.15, 0.2) is 0 Å². The summed E-state index contributed by atoms with van der Waals surface area (Å²) in [5.41, 5.74) is 2.70. The zero-order chi connectivity index (χ0) is 13.9. The highest BCUT2D eigenvalue weighted by Gasteiger charge is 2.03. The molecule has 2 heteroatoms. The largest absolute Gasteiger partial charge is 0.313 e. The molecule has 0 saturated heterocycles. The van der Waals surface area contributed by atoms with Gasteiger partial charge in [0.1, 0.15) is 0 Å². The third-order valence-corrected chi connectivity index (χ3v) is 2.93. The third-order valence-electron chi connectivity index (χ3n) is 2.93. The molecular formula is C17H26N2. The zero-order valence-corrected chi connectivity index (χ0v) is 12.1. The van der Waals surface area contributed by atoms with E-state index in [0.29, 0.717) is 0 Å². The molecule has 0 aliphatic heterocycles. The number of benzene rings is 1. The van der Waals surface area contributed by atoms with Crippen molar-refractivity contribution in [2.45, 2.75) is 26.4 Å². The van der Waals surface area contributed by atoms with Crippen LogP contribution in [-0.2, 0) is 13.1 Å². The molecule has 0 radical (unpaired) electrons. The topological polar surface area (TPSA) is 15.3 Å². The Hall–Kier alpha value is -1.38. The summed E-state index contributed by atoms with van der Waals surface area (Å²) in [6.07, 6.45) is 5.05. The van der Waals surface area contributed by atoms with Gasteiger partial charge in [-0.2, -0.15) is 0 Å². The second-order valence-electron chi connectivity index (χ2n) is 4.77. The van der Waals surface area contributed by atoms with Crippen molar-refractivity contribution < 1.29 is 0 Å². The predicted octanol–water partition coefficient (Wildman–Crippen LogP) is 3.36. The minimum absolute atomic E-state index is 0.893. The number of rotatable bonds is 10. The van der Waals surface area contributed by atoms with E-state index in [1.54, 1.807) is 0 Å². The summed E-state index contributed by atoms with van der Waals surface area (Å²) >= 11 is 0. The van der Waals surface area contributed by atoms with Gasteiger partial charge >= 0.3 is 0 Å². The van der Waals surface area contributed by atoms with Gasteiger partial charge in [-0.05, 0) is 24.1 Å². The molecule has 0 unspecified atom stereocenters. The van der Waals surface area contributed by atoms with Crippen LogP contribution in [0.4, 0.5) is 0 Å². The minimum atomic E-state index is 0.893. The first-order valence-corrected chi connectivity index (χ1v) is 7.02. The molecule has 0 bridgehead atoms. The lowest BCUT2D eigenvalue weighted by molar-refractivity contribution is 0.327. The Kier molecular flexibility index (Phi) is 7.87. The second kappa shape index (κ2) is 9.54. The van der Waals surface area contributed by atoms with Crippen LogP contribution in [0, 0.1) is 0 Å². The van der Waals surface area contributed by atoms with Crippen molar-refractivity contribution in [1.29, 1.82) is 0 Å². The van der Waals surface area contributed by atoms with Crippen LogP contribution < -0.4 is 5.32 Å². The normalized spacial score (nSPS) is 10.6. The van der Waals surface area contributed by atoms with E-state index in [0.717, 1.165) is 32.7 Å². The molecule has 1 aromatic rings. The fourth-order valence-electron chi connectivity index (χ4n) is 2.07. The van der Waals surface area contributed by atoms with Crippen molar-refractivity contribution in [3.05, 3.63) is 60.7 Å². The Morgan fingerprint density at radius 3 is 2.47 bits per heavy atom. The molecule has 1 rings (SSSR count). The van der Waals surface area contributed by atoms with E-state index in [1.165, 1.54) is 17.5 Å². The Morgan fingerprint density at radius 2 is 1.84 bits per heavy atom. The van der Waals surface area contributed by atoms with Gasteiger partial charge in [0, 0.05) is 26.2 Å². The van der Waals surface area contributed by atoms with Gasteiger partial charge in [-0.25, -0.2) is 0 Å². The molecule has 2 nitrogen and oxygen atoms in total. The van der Waals surface area contributed by atoms with Crippen LogP contribution in [0.3, 0.4) is 0 Å². The molecule has 0 saturated carbocycles. The first-order valence-electron chi connectivity index (χ1n) is 7.02. The van der Waals surface area contributed by atoms with E-state index < -0.39 is 0 Å². The molecule has 1 N–H and O–H groups in total. The molecule has 0 aliphatic carbocycles. The molecule has 0 atom stereocenters. The van der Waals surface area contributed by atoms with E-state index in [1.807, 2.05) is 12.2 Å². The summed E-state index contributed by atoms with van der Waals surface area (Å²) < 4.78 is 0. The van der Waals surface area contributed by atoms with Crippen LogP contribution in [0.5, 0.6) is 0 Å². The SMILES string of the molecule is C=CCN(CC=C)Cc1cccc(CNCCC)c1. The number of hydrogen-bond donors (Lipinski definition) is 1. The molecule has 0 amide bonds. The number of hydrogen-bond acceptors (Lipinski definition) is 2. The lowest BCUT2D eigenvalue weighted by Crippen LogP contribution is -2.23. The number of nitrogens with one attached hydrogen (secondary N) is 1. The zero-order valence-electron chi connectivity index (χ0n) is 12.1. The van der Waals surface area contributed by atoms with Gasteiger partial charge in [0.2, 0.25) is 0 Å². The quantitative estimate of drug-likeness (QED) is 0.511. The van der Waals surface area contributed by atoms with Crippen LogP contribution in [-0.4, -0.2) is 24.5 Å². The minimum Gasteiger partial charge on any atom is -0.313 e. The van der Waals surface area contributed by atoms with Crippen molar-refractivity contribution in [1.82, 2.24) is 10.2 Å². The maximum Gasteiger partial charge on any atom is 0.0240 e. The highest BCUT2D eigenvalue weighted by molar-refractivity contribution is 5.23. The van der Waals surface area contributed by atoms with Crippen LogP contribution in [0.15, 0.2) is 49.6 Å². The Labute approximate surface area is 117 Å². The smallest absolute Gasteiger partial charge is 0.0240 e. The summed E-state index contributed by atoms with van der Waals surface area (Å²) in [4.78, 5) is 2.32. The maximum atomic E-state index is 3.81. The van der Waals surface area contributed by atoms with Crippen molar-refractivity contribution in [3.63, 3.8) is 0 Å². The Bertz CT molecular complexity index is 375. The van der Waals surface area contributed by atoms with Gasteiger partial charge < -0.3 is 5.32 Å². The van der Waals surface area contributed by atoms with Gasteiger partial charge in [0.05, 0.1) is 0 Å². The molecule has 0 spiro atoms. The van der Waals surface area contributed by atoms with E-state index in [9.17, 15) is 0 Å². The van der Waals surface area contributed by atoms with Crippen LogP contribution >= 0.6 is 0 Å². The van der Waals surface area contributed by atoms with Gasteiger partial charge in [0.25, 0.3) is 0 Å². The van der Waals surface area contributed by atoms with E-state index in [-0.39, 0.29) is 0 Å². The lowest BCUT2D eigenvalue weighted by Gasteiger charge is -2.19. The summed E-state index contributed by atoms with van der Waals surface area (Å²) in [5.74, 6) is 0. The molecule has 1 aromatic carbocycles.